The molecule has 0 bridgehead atoms. The maximum atomic E-state index is 12.7. The van der Waals surface area contributed by atoms with Crippen LogP contribution in [-0.4, -0.2) is 31.8 Å². The van der Waals surface area contributed by atoms with Crippen molar-refractivity contribution in [3.05, 3.63) is 87.2 Å². The molecule has 0 saturated carbocycles. The molecule has 0 aliphatic rings. The van der Waals surface area contributed by atoms with Gasteiger partial charge in [0.1, 0.15) is 22.1 Å². The number of hydrogen-bond donors (Lipinski definition) is 1. The number of fused-ring (bicyclic) bond motifs is 1. The van der Waals surface area contributed by atoms with Crippen LogP contribution in [0.3, 0.4) is 0 Å². The van der Waals surface area contributed by atoms with E-state index < -0.39 is 11.9 Å². The fourth-order valence-corrected chi connectivity index (χ4v) is 4.59. The second-order valence-corrected chi connectivity index (χ2v) is 8.97. The molecular formula is C25H18Cl2N2O5S. The Balaban J connectivity index is 1.31. The first-order valence-electron chi connectivity index (χ1n) is 10.2. The summed E-state index contributed by atoms with van der Waals surface area (Å²) >= 11 is 13.5. The van der Waals surface area contributed by atoms with E-state index in [2.05, 4.69) is 10.5 Å². The van der Waals surface area contributed by atoms with Crippen molar-refractivity contribution in [3.8, 4) is 17.2 Å². The molecule has 1 N–H and O–H groups in total. The zero-order valence-electron chi connectivity index (χ0n) is 18.3. The summed E-state index contributed by atoms with van der Waals surface area (Å²) in [7, 11) is 1.57. The highest BCUT2D eigenvalue weighted by Gasteiger charge is 2.19. The topological polar surface area (TPSA) is 86.2 Å². The number of carbonyl (C=O) groups is 2. The second kappa shape index (κ2) is 11.2. The van der Waals surface area contributed by atoms with Crippen LogP contribution in [0.1, 0.15) is 15.2 Å². The zero-order valence-corrected chi connectivity index (χ0v) is 20.6. The average Bonchev–Trinajstić information content (AvgIpc) is 3.19. The molecule has 0 saturated heterocycles. The van der Waals surface area contributed by atoms with Gasteiger partial charge in [-0.2, -0.15) is 5.10 Å². The molecule has 0 fully saturated rings. The van der Waals surface area contributed by atoms with E-state index in [1.807, 2.05) is 6.07 Å². The maximum absolute atomic E-state index is 12.7. The van der Waals surface area contributed by atoms with Gasteiger partial charge in [-0.05, 0) is 66.2 Å². The van der Waals surface area contributed by atoms with Crippen molar-refractivity contribution in [3.63, 3.8) is 0 Å². The van der Waals surface area contributed by atoms with Gasteiger partial charge in [-0.15, -0.1) is 11.3 Å². The number of amides is 1. The quantitative estimate of drug-likeness (QED) is 0.132. The number of halogens is 2. The summed E-state index contributed by atoms with van der Waals surface area (Å²) in [6.45, 7) is -0.209. The summed E-state index contributed by atoms with van der Waals surface area (Å²) in [6.07, 6.45) is 1.46. The number of rotatable bonds is 8. The maximum Gasteiger partial charge on any atom is 0.355 e. The highest BCUT2D eigenvalue weighted by atomic mass is 35.5. The van der Waals surface area contributed by atoms with Crippen LogP contribution in [0.5, 0.6) is 17.2 Å². The number of hydrazone groups is 1. The third-order valence-electron chi connectivity index (χ3n) is 4.68. The smallest absolute Gasteiger partial charge is 0.355 e. The minimum Gasteiger partial charge on any atom is -0.497 e. The van der Waals surface area contributed by atoms with E-state index in [1.54, 1.807) is 67.8 Å². The van der Waals surface area contributed by atoms with Gasteiger partial charge in [0.15, 0.2) is 6.61 Å². The molecule has 0 unspecified atom stereocenters. The van der Waals surface area contributed by atoms with E-state index in [0.717, 1.165) is 10.1 Å². The third-order valence-corrected chi connectivity index (χ3v) is 6.55. The van der Waals surface area contributed by atoms with E-state index in [-0.39, 0.29) is 6.61 Å². The van der Waals surface area contributed by atoms with Crippen molar-refractivity contribution in [1.29, 1.82) is 0 Å². The number of thiophene rings is 1. The molecule has 35 heavy (non-hydrogen) atoms. The number of hydrogen-bond acceptors (Lipinski definition) is 7. The Morgan fingerprint density at radius 3 is 2.51 bits per heavy atom. The lowest BCUT2D eigenvalue weighted by Gasteiger charge is -2.05. The SMILES string of the molecule is COc1ccc2c(Cl)c(C(=O)Oc3ccc(/C=N/NC(=O)COc4cccc(Cl)c4)cc3)sc2c1. The van der Waals surface area contributed by atoms with Gasteiger partial charge in [0.25, 0.3) is 5.91 Å². The summed E-state index contributed by atoms with van der Waals surface area (Å²) in [6, 6.07) is 18.8. The molecule has 4 aromatic rings. The van der Waals surface area contributed by atoms with Crippen LogP contribution >= 0.6 is 34.5 Å². The van der Waals surface area contributed by atoms with Crippen LogP contribution in [0, 0.1) is 0 Å². The number of benzene rings is 3. The molecule has 0 spiro atoms. The molecule has 4 rings (SSSR count). The molecule has 1 heterocycles. The lowest BCUT2D eigenvalue weighted by molar-refractivity contribution is -0.123. The van der Waals surface area contributed by atoms with Crippen molar-refractivity contribution in [2.24, 2.45) is 5.10 Å². The third kappa shape index (κ3) is 6.30. The molecule has 0 aliphatic carbocycles. The Morgan fingerprint density at radius 2 is 1.77 bits per heavy atom. The molecule has 0 radical (unpaired) electrons. The molecule has 0 atom stereocenters. The first kappa shape index (κ1) is 24.5. The van der Waals surface area contributed by atoms with Crippen molar-refractivity contribution in [1.82, 2.24) is 5.43 Å². The lowest BCUT2D eigenvalue weighted by atomic mass is 10.2. The molecule has 0 aliphatic heterocycles. The number of carbonyl (C=O) groups excluding carboxylic acids is 2. The summed E-state index contributed by atoms with van der Waals surface area (Å²) in [4.78, 5) is 24.8. The van der Waals surface area contributed by atoms with Crippen LogP contribution in [0.15, 0.2) is 71.8 Å². The van der Waals surface area contributed by atoms with Crippen molar-refractivity contribution in [2.75, 3.05) is 13.7 Å². The van der Waals surface area contributed by atoms with Crippen LogP contribution < -0.4 is 19.6 Å². The normalized spacial score (nSPS) is 10.9. The van der Waals surface area contributed by atoms with Crippen LogP contribution in [0.25, 0.3) is 10.1 Å². The van der Waals surface area contributed by atoms with Gasteiger partial charge < -0.3 is 14.2 Å². The Kier molecular flexibility index (Phi) is 7.87. The number of ether oxygens (including phenoxy) is 3. The molecule has 7 nitrogen and oxygen atoms in total. The number of nitrogens with zero attached hydrogens (tertiary/aromatic N) is 1. The first-order chi connectivity index (χ1) is 16.9. The van der Waals surface area contributed by atoms with E-state index in [4.69, 9.17) is 37.4 Å². The standard InChI is InChI=1S/C25H18Cl2N2O5S/c1-32-18-9-10-20-21(12-18)35-24(23(20)27)25(31)34-17-7-5-15(6-8-17)13-28-29-22(30)14-33-19-4-2-3-16(26)11-19/h2-13H,14H2,1H3,(H,29,30)/b28-13+. The summed E-state index contributed by atoms with van der Waals surface area (Å²) < 4.78 is 16.9. The predicted octanol–water partition coefficient (Wildman–Crippen LogP) is 5.97. The molecular weight excluding hydrogens is 511 g/mol. The molecule has 3 aromatic carbocycles. The Hall–Kier alpha value is -3.59. The number of esters is 1. The minimum atomic E-state index is -0.552. The highest BCUT2D eigenvalue weighted by molar-refractivity contribution is 7.21. The second-order valence-electron chi connectivity index (χ2n) is 7.11. The summed E-state index contributed by atoms with van der Waals surface area (Å²) in [5, 5.41) is 5.52. The van der Waals surface area contributed by atoms with Gasteiger partial charge in [0.05, 0.1) is 18.3 Å². The van der Waals surface area contributed by atoms with Gasteiger partial charge >= 0.3 is 5.97 Å². The monoisotopic (exact) mass is 528 g/mol. The Bertz CT molecular complexity index is 1400. The number of nitrogens with one attached hydrogen (secondary N) is 1. The van der Waals surface area contributed by atoms with E-state index in [0.29, 0.717) is 37.7 Å². The summed E-state index contributed by atoms with van der Waals surface area (Å²) in [5.41, 5.74) is 3.06. The predicted molar refractivity (Wildman–Crippen MR) is 137 cm³/mol. The van der Waals surface area contributed by atoms with Gasteiger partial charge in [0, 0.05) is 15.1 Å². The molecule has 10 heteroatoms. The van der Waals surface area contributed by atoms with Gasteiger partial charge in [0.2, 0.25) is 0 Å². The van der Waals surface area contributed by atoms with Crippen LogP contribution in [0.2, 0.25) is 10.0 Å². The first-order valence-corrected chi connectivity index (χ1v) is 11.8. The Labute approximate surface area is 214 Å². The average molecular weight is 529 g/mol. The minimum absolute atomic E-state index is 0.209. The van der Waals surface area contributed by atoms with Crippen LogP contribution in [0.4, 0.5) is 0 Å². The number of methoxy groups -OCH3 is 1. The van der Waals surface area contributed by atoms with Gasteiger partial charge in [-0.25, -0.2) is 10.2 Å². The fourth-order valence-electron chi connectivity index (χ4n) is 3.00. The van der Waals surface area contributed by atoms with Gasteiger partial charge in [-0.1, -0.05) is 29.3 Å². The van der Waals surface area contributed by atoms with E-state index in [1.165, 1.54) is 17.6 Å². The van der Waals surface area contributed by atoms with Crippen molar-refractivity contribution < 1.29 is 23.8 Å². The zero-order chi connectivity index (χ0) is 24.8. The molecule has 178 valence electrons. The van der Waals surface area contributed by atoms with E-state index >= 15 is 0 Å². The van der Waals surface area contributed by atoms with E-state index in [9.17, 15) is 9.59 Å². The fraction of sp³-hybridized carbons (Fsp3) is 0.0800. The largest absolute Gasteiger partial charge is 0.497 e. The van der Waals surface area contributed by atoms with Crippen LogP contribution in [-0.2, 0) is 4.79 Å². The molecule has 1 aromatic heterocycles. The highest BCUT2D eigenvalue weighted by Crippen LogP contribution is 2.37. The van der Waals surface area contributed by atoms with Crippen molar-refractivity contribution in [2.45, 2.75) is 0 Å². The molecule has 1 amide bonds. The Morgan fingerprint density at radius 1 is 1.00 bits per heavy atom. The van der Waals surface area contributed by atoms with Gasteiger partial charge in [-0.3, -0.25) is 4.79 Å². The lowest BCUT2D eigenvalue weighted by Crippen LogP contribution is -2.24. The summed E-state index contributed by atoms with van der Waals surface area (Å²) in [5.74, 6) is 0.529. The van der Waals surface area contributed by atoms with Crippen molar-refractivity contribution >= 4 is 62.7 Å².